The SMILES string of the molecule is CCOc1cc(C(=O)OCCOc2ccc(Cl)cc2)c([N+](=O)[O-])cc1OC. The van der Waals surface area contributed by atoms with Crippen LogP contribution < -0.4 is 14.2 Å². The third-order valence-corrected chi connectivity index (χ3v) is 3.65. The maximum absolute atomic E-state index is 12.3. The van der Waals surface area contributed by atoms with E-state index in [4.69, 9.17) is 30.5 Å². The molecule has 27 heavy (non-hydrogen) atoms. The van der Waals surface area contributed by atoms with Crippen LogP contribution in [-0.4, -0.2) is 37.8 Å². The summed E-state index contributed by atoms with van der Waals surface area (Å²) in [5.41, 5.74) is -0.658. The lowest BCUT2D eigenvalue weighted by Crippen LogP contribution is -2.14. The lowest BCUT2D eigenvalue weighted by atomic mass is 10.1. The molecule has 2 aromatic rings. The van der Waals surface area contributed by atoms with E-state index in [-0.39, 0.29) is 30.3 Å². The van der Waals surface area contributed by atoms with Crippen LogP contribution in [0.5, 0.6) is 17.2 Å². The molecule has 2 rings (SSSR count). The standard InChI is InChI=1S/C18H18ClNO7/c1-3-25-17-10-14(15(20(22)23)11-16(17)24-2)18(21)27-9-8-26-13-6-4-12(19)5-7-13/h4-7,10-11H,3,8-9H2,1-2H3. The molecule has 0 N–H and O–H groups in total. The highest BCUT2D eigenvalue weighted by molar-refractivity contribution is 6.30. The van der Waals surface area contributed by atoms with E-state index < -0.39 is 16.6 Å². The van der Waals surface area contributed by atoms with Gasteiger partial charge in [-0.15, -0.1) is 0 Å². The van der Waals surface area contributed by atoms with Crippen LogP contribution in [0, 0.1) is 10.1 Å². The summed E-state index contributed by atoms with van der Waals surface area (Å²) < 4.78 is 20.9. The highest BCUT2D eigenvalue weighted by Crippen LogP contribution is 2.35. The van der Waals surface area contributed by atoms with Crippen LogP contribution >= 0.6 is 11.6 Å². The lowest BCUT2D eigenvalue weighted by molar-refractivity contribution is -0.385. The molecule has 2 aromatic carbocycles. The molecule has 0 unspecified atom stereocenters. The van der Waals surface area contributed by atoms with E-state index in [1.54, 1.807) is 31.2 Å². The molecule has 8 nitrogen and oxygen atoms in total. The Hall–Kier alpha value is -3.00. The van der Waals surface area contributed by atoms with E-state index >= 15 is 0 Å². The molecule has 144 valence electrons. The maximum atomic E-state index is 12.3. The Labute approximate surface area is 160 Å². The van der Waals surface area contributed by atoms with Gasteiger partial charge in [0.1, 0.15) is 24.5 Å². The number of carbonyl (C=O) groups is 1. The number of nitrogens with zero attached hydrogens (tertiary/aromatic N) is 1. The Kier molecular flexibility index (Phi) is 7.25. The molecule has 0 atom stereocenters. The Morgan fingerprint density at radius 3 is 2.41 bits per heavy atom. The van der Waals surface area contributed by atoms with Crippen LogP contribution in [0.1, 0.15) is 17.3 Å². The summed E-state index contributed by atoms with van der Waals surface area (Å²) in [6.45, 7) is 2.04. The number of nitro benzene ring substituents is 1. The van der Waals surface area contributed by atoms with E-state index in [1.165, 1.54) is 13.2 Å². The van der Waals surface area contributed by atoms with Gasteiger partial charge in [-0.25, -0.2) is 4.79 Å². The first-order chi connectivity index (χ1) is 13.0. The van der Waals surface area contributed by atoms with Crippen molar-refractivity contribution in [3.8, 4) is 17.2 Å². The number of hydrogen-bond donors (Lipinski definition) is 0. The van der Waals surface area contributed by atoms with Crippen molar-refractivity contribution in [3.63, 3.8) is 0 Å². The second-order valence-electron chi connectivity index (χ2n) is 5.15. The number of benzene rings is 2. The van der Waals surface area contributed by atoms with Crippen LogP contribution in [0.15, 0.2) is 36.4 Å². The second kappa shape index (κ2) is 9.63. The summed E-state index contributed by atoms with van der Waals surface area (Å²) in [5, 5.41) is 11.8. The molecule has 0 bridgehead atoms. The first kappa shape index (κ1) is 20.3. The van der Waals surface area contributed by atoms with Gasteiger partial charge >= 0.3 is 5.97 Å². The number of ether oxygens (including phenoxy) is 4. The summed E-state index contributed by atoms with van der Waals surface area (Å²) in [6, 6.07) is 9.05. The molecule has 0 fully saturated rings. The number of carbonyl (C=O) groups excluding carboxylic acids is 1. The predicted octanol–water partition coefficient (Wildman–Crippen LogP) is 3.89. The minimum Gasteiger partial charge on any atom is -0.493 e. The van der Waals surface area contributed by atoms with Crippen LogP contribution in [0.4, 0.5) is 5.69 Å². The predicted molar refractivity (Wildman–Crippen MR) is 98.0 cm³/mol. The molecule has 0 aromatic heterocycles. The van der Waals surface area contributed by atoms with Crippen molar-refractivity contribution in [1.29, 1.82) is 0 Å². The molecule has 0 radical (unpaired) electrons. The Morgan fingerprint density at radius 1 is 1.11 bits per heavy atom. The van der Waals surface area contributed by atoms with Crippen molar-refractivity contribution in [2.75, 3.05) is 26.9 Å². The van der Waals surface area contributed by atoms with E-state index in [9.17, 15) is 14.9 Å². The molecule has 0 saturated carbocycles. The largest absolute Gasteiger partial charge is 0.493 e. The van der Waals surface area contributed by atoms with Gasteiger partial charge in [0, 0.05) is 11.1 Å². The zero-order valence-corrected chi connectivity index (χ0v) is 15.5. The molecule has 0 saturated heterocycles. The van der Waals surface area contributed by atoms with E-state index in [2.05, 4.69) is 0 Å². The Bertz CT molecular complexity index is 808. The van der Waals surface area contributed by atoms with Gasteiger partial charge in [-0.1, -0.05) is 11.6 Å². The van der Waals surface area contributed by atoms with Crippen molar-refractivity contribution < 1.29 is 28.7 Å². The number of rotatable bonds is 9. The topological polar surface area (TPSA) is 97.1 Å². The van der Waals surface area contributed by atoms with Gasteiger partial charge in [-0.05, 0) is 31.2 Å². The van der Waals surface area contributed by atoms with Gasteiger partial charge < -0.3 is 18.9 Å². The first-order valence-electron chi connectivity index (χ1n) is 8.01. The Morgan fingerprint density at radius 2 is 1.81 bits per heavy atom. The maximum Gasteiger partial charge on any atom is 0.345 e. The van der Waals surface area contributed by atoms with Gasteiger partial charge in [-0.3, -0.25) is 10.1 Å². The second-order valence-corrected chi connectivity index (χ2v) is 5.59. The first-order valence-corrected chi connectivity index (χ1v) is 8.38. The molecule has 0 amide bonds. The third kappa shape index (κ3) is 5.49. The highest BCUT2D eigenvalue weighted by Gasteiger charge is 2.25. The van der Waals surface area contributed by atoms with Crippen molar-refractivity contribution in [3.05, 3.63) is 57.1 Å². The summed E-state index contributed by atoms with van der Waals surface area (Å²) in [7, 11) is 1.35. The number of methoxy groups -OCH3 is 1. The fourth-order valence-corrected chi connectivity index (χ4v) is 2.32. The van der Waals surface area contributed by atoms with Crippen LogP contribution in [0.25, 0.3) is 0 Å². The van der Waals surface area contributed by atoms with E-state index in [1.807, 2.05) is 0 Å². The molecule has 0 aliphatic rings. The van der Waals surface area contributed by atoms with Gasteiger partial charge in [0.25, 0.3) is 5.69 Å². The van der Waals surface area contributed by atoms with Crippen molar-refractivity contribution in [2.45, 2.75) is 6.92 Å². The zero-order chi connectivity index (χ0) is 19.8. The van der Waals surface area contributed by atoms with Gasteiger partial charge in [0.2, 0.25) is 0 Å². The monoisotopic (exact) mass is 395 g/mol. The summed E-state index contributed by atoms with van der Waals surface area (Å²) in [6.07, 6.45) is 0. The minimum atomic E-state index is -0.856. The molecule has 0 heterocycles. The third-order valence-electron chi connectivity index (χ3n) is 3.40. The zero-order valence-electron chi connectivity index (χ0n) is 14.8. The van der Waals surface area contributed by atoms with Gasteiger partial charge in [-0.2, -0.15) is 0 Å². The number of nitro groups is 1. The van der Waals surface area contributed by atoms with E-state index in [0.717, 1.165) is 6.07 Å². The molecule has 0 spiro atoms. The smallest absolute Gasteiger partial charge is 0.345 e. The number of halogens is 1. The summed E-state index contributed by atoms with van der Waals surface area (Å²) in [4.78, 5) is 22.9. The molecule has 0 aliphatic carbocycles. The van der Waals surface area contributed by atoms with Gasteiger partial charge in [0.05, 0.1) is 24.7 Å². The quantitative estimate of drug-likeness (QED) is 0.275. The van der Waals surface area contributed by atoms with Crippen LogP contribution in [0.3, 0.4) is 0 Å². The highest BCUT2D eigenvalue weighted by atomic mass is 35.5. The fraction of sp³-hybridized carbons (Fsp3) is 0.278. The average Bonchev–Trinajstić information content (AvgIpc) is 2.66. The number of esters is 1. The lowest BCUT2D eigenvalue weighted by Gasteiger charge is -2.12. The van der Waals surface area contributed by atoms with Crippen molar-refractivity contribution in [2.24, 2.45) is 0 Å². The van der Waals surface area contributed by atoms with Crippen LogP contribution in [-0.2, 0) is 4.74 Å². The van der Waals surface area contributed by atoms with E-state index in [0.29, 0.717) is 17.4 Å². The Balaban J connectivity index is 2.06. The molecule has 0 aliphatic heterocycles. The van der Waals surface area contributed by atoms with Crippen LogP contribution in [0.2, 0.25) is 5.02 Å². The molecular weight excluding hydrogens is 378 g/mol. The number of hydrogen-bond acceptors (Lipinski definition) is 7. The normalized spacial score (nSPS) is 10.2. The van der Waals surface area contributed by atoms with Crippen molar-refractivity contribution >= 4 is 23.3 Å². The summed E-state index contributed by atoms with van der Waals surface area (Å²) in [5.74, 6) is 0.0793. The summed E-state index contributed by atoms with van der Waals surface area (Å²) >= 11 is 5.78. The molecule has 9 heteroatoms. The van der Waals surface area contributed by atoms with Gasteiger partial charge in [0.15, 0.2) is 11.5 Å². The average molecular weight is 396 g/mol. The molecular formula is C18H18ClNO7. The van der Waals surface area contributed by atoms with Crippen molar-refractivity contribution in [1.82, 2.24) is 0 Å². The fourth-order valence-electron chi connectivity index (χ4n) is 2.19. The minimum absolute atomic E-state index is 0.0790.